The SMILES string of the molecule is OCC(Nc1ccccc1Br)c1cc(Cl)c2c(c1)OCO2. The van der Waals surface area contributed by atoms with Gasteiger partial charge >= 0.3 is 0 Å². The first-order valence-corrected chi connectivity index (χ1v) is 7.57. The van der Waals surface area contributed by atoms with E-state index in [1.807, 2.05) is 30.3 Å². The zero-order valence-corrected chi connectivity index (χ0v) is 13.3. The van der Waals surface area contributed by atoms with Crippen LogP contribution >= 0.6 is 27.5 Å². The fourth-order valence-electron chi connectivity index (χ4n) is 2.19. The number of halogens is 2. The maximum absolute atomic E-state index is 9.68. The Morgan fingerprint density at radius 3 is 2.86 bits per heavy atom. The van der Waals surface area contributed by atoms with Crippen LogP contribution in [0.4, 0.5) is 5.69 Å². The van der Waals surface area contributed by atoms with E-state index in [9.17, 15) is 5.11 Å². The van der Waals surface area contributed by atoms with Gasteiger partial charge in [-0.3, -0.25) is 0 Å². The number of aliphatic hydroxyl groups excluding tert-OH is 1. The normalized spacial score (nSPS) is 14.0. The molecule has 110 valence electrons. The molecule has 0 saturated heterocycles. The molecule has 2 N–H and O–H groups in total. The van der Waals surface area contributed by atoms with E-state index < -0.39 is 0 Å². The number of anilines is 1. The number of benzene rings is 2. The fraction of sp³-hybridized carbons (Fsp3) is 0.200. The number of nitrogens with one attached hydrogen (secondary N) is 1. The zero-order chi connectivity index (χ0) is 14.8. The predicted molar refractivity (Wildman–Crippen MR) is 85.2 cm³/mol. The predicted octanol–water partition coefficient (Wildman–Crippen LogP) is 3.98. The summed E-state index contributed by atoms with van der Waals surface area (Å²) in [6, 6.07) is 11.0. The van der Waals surface area contributed by atoms with E-state index in [-0.39, 0.29) is 19.4 Å². The molecule has 0 bridgehead atoms. The van der Waals surface area contributed by atoms with Crippen LogP contribution in [0.1, 0.15) is 11.6 Å². The number of para-hydroxylation sites is 1. The van der Waals surface area contributed by atoms with Gasteiger partial charge in [-0.25, -0.2) is 0 Å². The molecule has 4 nitrogen and oxygen atoms in total. The molecule has 2 aromatic rings. The molecule has 3 rings (SSSR count). The molecule has 0 amide bonds. The second kappa shape index (κ2) is 6.13. The van der Waals surface area contributed by atoms with E-state index in [1.165, 1.54) is 0 Å². The van der Waals surface area contributed by atoms with Crippen LogP contribution in [-0.4, -0.2) is 18.5 Å². The Kier molecular flexibility index (Phi) is 4.24. The molecule has 0 spiro atoms. The van der Waals surface area contributed by atoms with Crippen LogP contribution in [0, 0.1) is 0 Å². The molecule has 1 heterocycles. The number of hydrogen-bond donors (Lipinski definition) is 2. The Bertz CT molecular complexity index is 665. The Morgan fingerprint density at radius 1 is 1.29 bits per heavy atom. The lowest BCUT2D eigenvalue weighted by atomic mass is 10.1. The van der Waals surface area contributed by atoms with Gasteiger partial charge in [0, 0.05) is 10.2 Å². The largest absolute Gasteiger partial charge is 0.454 e. The van der Waals surface area contributed by atoms with Crippen LogP contribution < -0.4 is 14.8 Å². The summed E-state index contributed by atoms with van der Waals surface area (Å²) in [5, 5.41) is 13.4. The molecule has 6 heteroatoms. The van der Waals surface area contributed by atoms with Crippen LogP contribution in [0.2, 0.25) is 5.02 Å². The van der Waals surface area contributed by atoms with Gasteiger partial charge in [-0.15, -0.1) is 0 Å². The summed E-state index contributed by atoms with van der Waals surface area (Å²) in [4.78, 5) is 0. The monoisotopic (exact) mass is 369 g/mol. The van der Waals surface area contributed by atoms with Gasteiger partial charge in [0.05, 0.1) is 17.7 Å². The van der Waals surface area contributed by atoms with E-state index >= 15 is 0 Å². The highest BCUT2D eigenvalue weighted by atomic mass is 79.9. The van der Waals surface area contributed by atoms with Gasteiger partial charge in [0.15, 0.2) is 11.5 Å². The number of hydrogen-bond acceptors (Lipinski definition) is 4. The van der Waals surface area contributed by atoms with Crippen molar-refractivity contribution in [2.24, 2.45) is 0 Å². The summed E-state index contributed by atoms with van der Waals surface area (Å²) in [6.45, 7) is 0.0945. The summed E-state index contributed by atoms with van der Waals surface area (Å²) in [7, 11) is 0. The lowest BCUT2D eigenvalue weighted by Gasteiger charge is -2.19. The number of ether oxygens (including phenoxy) is 2. The quantitative estimate of drug-likeness (QED) is 0.855. The third kappa shape index (κ3) is 2.95. The molecule has 1 atom stereocenters. The third-order valence-electron chi connectivity index (χ3n) is 3.24. The van der Waals surface area contributed by atoms with Crippen molar-refractivity contribution in [3.8, 4) is 11.5 Å². The van der Waals surface area contributed by atoms with Crippen molar-refractivity contribution in [2.75, 3.05) is 18.7 Å². The van der Waals surface area contributed by atoms with Crippen molar-refractivity contribution >= 4 is 33.2 Å². The van der Waals surface area contributed by atoms with Crippen LogP contribution in [0.5, 0.6) is 11.5 Å². The molecule has 1 aliphatic heterocycles. The Hall–Kier alpha value is -1.43. The van der Waals surface area contributed by atoms with Crippen LogP contribution in [0.3, 0.4) is 0 Å². The van der Waals surface area contributed by atoms with Gasteiger partial charge in [-0.05, 0) is 45.8 Å². The molecular formula is C15H13BrClNO3. The van der Waals surface area contributed by atoms with Gasteiger partial charge < -0.3 is 19.9 Å². The maximum Gasteiger partial charge on any atom is 0.231 e. The Morgan fingerprint density at radius 2 is 2.10 bits per heavy atom. The molecule has 0 fully saturated rings. The summed E-state index contributed by atoms with van der Waals surface area (Å²) in [6.07, 6.45) is 0. The van der Waals surface area contributed by atoms with Gasteiger partial charge in [0.2, 0.25) is 6.79 Å². The van der Waals surface area contributed by atoms with Gasteiger partial charge in [0.1, 0.15) is 0 Å². The first-order chi connectivity index (χ1) is 10.2. The first kappa shape index (κ1) is 14.5. The summed E-state index contributed by atoms with van der Waals surface area (Å²) >= 11 is 9.66. The molecule has 0 saturated carbocycles. The summed E-state index contributed by atoms with van der Waals surface area (Å²) < 4.78 is 11.6. The average molecular weight is 371 g/mol. The summed E-state index contributed by atoms with van der Waals surface area (Å²) in [5.41, 5.74) is 1.73. The minimum atomic E-state index is -0.296. The third-order valence-corrected chi connectivity index (χ3v) is 4.21. The Balaban J connectivity index is 1.90. The second-order valence-electron chi connectivity index (χ2n) is 4.60. The van der Waals surface area contributed by atoms with E-state index in [0.717, 1.165) is 15.7 Å². The van der Waals surface area contributed by atoms with Gasteiger partial charge in [0.25, 0.3) is 0 Å². The van der Waals surface area contributed by atoms with Crippen LogP contribution in [-0.2, 0) is 0 Å². The van der Waals surface area contributed by atoms with Crippen molar-refractivity contribution in [1.29, 1.82) is 0 Å². The second-order valence-corrected chi connectivity index (χ2v) is 5.86. The Labute approximate surface area is 135 Å². The lowest BCUT2D eigenvalue weighted by Crippen LogP contribution is -2.15. The fourth-order valence-corrected chi connectivity index (χ4v) is 2.86. The molecule has 1 aliphatic rings. The molecule has 2 aromatic carbocycles. The van der Waals surface area contributed by atoms with Gasteiger partial charge in [-0.1, -0.05) is 23.7 Å². The van der Waals surface area contributed by atoms with Crippen molar-refractivity contribution < 1.29 is 14.6 Å². The molecule has 21 heavy (non-hydrogen) atoms. The molecule has 0 aliphatic carbocycles. The summed E-state index contributed by atoms with van der Waals surface area (Å²) in [5.74, 6) is 1.16. The minimum Gasteiger partial charge on any atom is -0.454 e. The van der Waals surface area contributed by atoms with Crippen LogP contribution in [0.15, 0.2) is 40.9 Å². The average Bonchev–Trinajstić information content (AvgIpc) is 2.95. The van der Waals surface area contributed by atoms with Crippen LogP contribution in [0.25, 0.3) is 0 Å². The van der Waals surface area contributed by atoms with Crippen molar-refractivity contribution in [2.45, 2.75) is 6.04 Å². The highest BCUT2D eigenvalue weighted by Crippen LogP contribution is 2.41. The first-order valence-electron chi connectivity index (χ1n) is 6.40. The molecule has 1 unspecified atom stereocenters. The van der Waals surface area contributed by atoms with Crippen molar-refractivity contribution in [3.05, 3.63) is 51.5 Å². The van der Waals surface area contributed by atoms with Gasteiger partial charge in [-0.2, -0.15) is 0 Å². The zero-order valence-electron chi connectivity index (χ0n) is 11.0. The highest BCUT2D eigenvalue weighted by Gasteiger charge is 2.21. The van der Waals surface area contributed by atoms with E-state index in [1.54, 1.807) is 6.07 Å². The van der Waals surface area contributed by atoms with Crippen molar-refractivity contribution in [3.63, 3.8) is 0 Å². The van der Waals surface area contributed by atoms with Crippen molar-refractivity contribution in [1.82, 2.24) is 0 Å². The molecule has 0 radical (unpaired) electrons. The smallest absolute Gasteiger partial charge is 0.231 e. The molecular weight excluding hydrogens is 358 g/mol. The highest BCUT2D eigenvalue weighted by molar-refractivity contribution is 9.10. The number of aliphatic hydroxyl groups is 1. The van der Waals surface area contributed by atoms with E-state index in [4.69, 9.17) is 21.1 Å². The maximum atomic E-state index is 9.68. The van der Waals surface area contributed by atoms with E-state index in [2.05, 4.69) is 21.2 Å². The number of fused-ring (bicyclic) bond motifs is 1. The topological polar surface area (TPSA) is 50.7 Å². The standard InChI is InChI=1S/C15H13BrClNO3/c16-10-3-1-2-4-12(10)18-13(7-19)9-5-11(17)15-14(6-9)20-8-21-15/h1-6,13,18-19H,7-8H2. The number of rotatable bonds is 4. The molecule has 0 aromatic heterocycles. The lowest BCUT2D eigenvalue weighted by molar-refractivity contribution is 0.174. The minimum absolute atomic E-state index is 0.0721. The van der Waals surface area contributed by atoms with E-state index in [0.29, 0.717) is 16.5 Å².